The van der Waals surface area contributed by atoms with Crippen molar-refractivity contribution in [2.24, 2.45) is 11.8 Å². The number of piperidine rings is 1. The topological polar surface area (TPSA) is 117 Å². The van der Waals surface area contributed by atoms with Gasteiger partial charge in [0.15, 0.2) is 6.10 Å². The van der Waals surface area contributed by atoms with Gasteiger partial charge in [0.05, 0.1) is 12.1 Å². The van der Waals surface area contributed by atoms with Gasteiger partial charge in [-0.05, 0) is 43.9 Å². The smallest absolute Gasteiger partial charge is 0.306 e. The molecule has 2 aliphatic heterocycles. The van der Waals surface area contributed by atoms with Crippen molar-refractivity contribution >= 4 is 23.6 Å². The highest BCUT2D eigenvalue weighted by atomic mass is 32.2. The second-order valence-corrected chi connectivity index (χ2v) is 14.5. The number of unbranched alkanes of at least 4 members (excludes halogenated alkanes) is 12. The first kappa shape index (κ1) is 39.3. The summed E-state index contributed by atoms with van der Waals surface area (Å²) >= 11 is 1.34. The molecular weight excluding hydrogens is 576 g/mol. The second-order valence-electron chi connectivity index (χ2n) is 13.6. The molecule has 2 heterocycles. The molecule has 8 atom stereocenters. The number of carbonyl (C=O) groups is 2. The van der Waals surface area contributed by atoms with Gasteiger partial charge in [-0.1, -0.05) is 118 Å². The number of esters is 1. The highest BCUT2D eigenvalue weighted by Crippen LogP contribution is 2.33. The first-order valence-corrected chi connectivity index (χ1v) is 19.3. The Labute approximate surface area is 272 Å². The Morgan fingerprint density at radius 1 is 0.909 bits per heavy atom. The van der Waals surface area contributed by atoms with Crippen molar-refractivity contribution in [2.75, 3.05) is 12.8 Å². The van der Waals surface area contributed by atoms with Crippen LogP contribution in [0.15, 0.2) is 0 Å². The van der Waals surface area contributed by atoms with Gasteiger partial charge in [0, 0.05) is 6.42 Å². The maximum absolute atomic E-state index is 13.3. The van der Waals surface area contributed by atoms with Gasteiger partial charge < -0.3 is 30.3 Å². The third-order valence-electron chi connectivity index (χ3n) is 9.47. The Morgan fingerprint density at radius 3 is 2.05 bits per heavy atom. The Bertz CT molecular complexity index is 782. The van der Waals surface area contributed by atoms with Crippen LogP contribution in [0.5, 0.6) is 0 Å². The van der Waals surface area contributed by atoms with Crippen molar-refractivity contribution in [1.82, 2.24) is 10.6 Å². The molecule has 1 amide bonds. The van der Waals surface area contributed by atoms with Crippen LogP contribution in [0.2, 0.25) is 0 Å². The third-order valence-corrected chi connectivity index (χ3v) is 10.3. The molecule has 2 aliphatic rings. The molecule has 0 aromatic rings. The summed E-state index contributed by atoms with van der Waals surface area (Å²) < 4.78 is 12.0. The number of thioether (sulfide) groups is 1. The van der Waals surface area contributed by atoms with E-state index in [1.807, 2.05) is 20.1 Å². The molecule has 4 N–H and O–H groups in total. The molecule has 9 heteroatoms. The van der Waals surface area contributed by atoms with Crippen LogP contribution in [0, 0.1) is 11.8 Å². The fourth-order valence-electron chi connectivity index (χ4n) is 6.73. The fraction of sp³-hybridized carbons (Fsp3) is 0.943. The predicted octanol–water partition coefficient (Wildman–Crippen LogP) is 6.50. The lowest BCUT2D eigenvalue weighted by Gasteiger charge is -2.45. The quantitative estimate of drug-likeness (QED) is 0.0782. The largest absolute Gasteiger partial charge is 0.456 e. The first-order chi connectivity index (χ1) is 21.2. The fourth-order valence-corrected chi connectivity index (χ4v) is 7.46. The van der Waals surface area contributed by atoms with Crippen LogP contribution in [-0.2, 0) is 19.1 Å². The minimum Gasteiger partial charge on any atom is -0.456 e. The van der Waals surface area contributed by atoms with Crippen LogP contribution in [0.1, 0.15) is 143 Å². The molecule has 0 aromatic heterocycles. The number of hydrogen-bond donors (Lipinski definition) is 4. The standard InChI is InChI=1S/C35H66N2O6S/c1-6-8-9-10-11-12-13-14-15-16-17-18-19-21-28(38)42-33-31(40)30(39)32(43-35(33)44-5)29(25(3)4)37-34(41)27-24-26(20-7-2)22-23-36-27/h25-27,29-33,35-36,39-40H,6-24H2,1-5H3,(H,37,41)/t26-,27+,29-,30-,31+,32-,33-,35-/m1/s1. The predicted molar refractivity (Wildman–Crippen MR) is 181 cm³/mol. The Kier molecular flexibility index (Phi) is 20.2. The van der Waals surface area contributed by atoms with Crippen molar-refractivity contribution in [3.05, 3.63) is 0 Å². The van der Waals surface area contributed by atoms with Crippen molar-refractivity contribution in [3.63, 3.8) is 0 Å². The SMILES string of the molecule is CCCCCCCCCCCCCCCC(=O)O[C@@H]1[C@@H](O)[C@@H](O)[C@@H]([C@H](NC(=O)[C@@H]2C[C@H](CCC)CCN2)C(C)C)O[C@@H]1SC. The monoisotopic (exact) mass is 642 g/mol. The maximum Gasteiger partial charge on any atom is 0.306 e. The number of amides is 1. The summed E-state index contributed by atoms with van der Waals surface area (Å²) in [5, 5.41) is 28.7. The van der Waals surface area contributed by atoms with Gasteiger partial charge in [-0.2, -0.15) is 0 Å². The molecule has 0 radical (unpaired) electrons. The van der Waals surface area contributed by atoms with E-state index in [2.05, 4.69) is 24.5 Å². The van der Waals surface area contributed by atoms with Gasteiger partial charge >= 0.3 is 5.97 Å². The van der Waals surface area contributed by atoms with E-state index in [4.69, 9.17) is 9.47 Å². The number of hydrogen-bond acceptors (Lipinski definition) is 8. The molecule has 0 unspecified atom stereocenters. The molecule has 0 aromatic carbocycles. The zero-order chi connectivity index (χ0) is 32.3. The summed E-state index contributed by atoms with van der Waals surface area (Å²) in [5.74, 6) is 0.0212. The van der Waals surface area contributed by atoms with E-state index in [0.29, 0.717) is 12.3 Å². The van der Waals surface area contributed by atoms with Crippen LogP contribution in [0.4, 0.5) is 0 Å². The van der Waals surface area contributed by atoms with Gasteiger partial charge in [0.1, 0.15) is 23.7 Å². The van der Waals surface area contributed by atoms with Gasteiger partial charge in [-0.3, -0.25) is 9.59 Å². The van der Waals surface area contributed by atoms with Gasteiger partial charge in [0.25, 0.3) is 0 Å². The summed E-state index contributed by atoms with van der Waals surface area (Å²) in [7, 11) is 0. The summed E-state index contributed by atoms with van der Waals surface area (Å²) in [6.45, 7) is 9.18. The van der Waals surface area contributed by atoms with E-state index in [1.165, 1.54) is 76.0 Å². The normalized spacial score (nSPS) is 28.1. The molecule has 0 spiro atoms. The van der Waals surface area contributed by atoms with Gasteiger partial charge in [0.2, 0.25) is 5.91 Å². The molecule has 0 bridgehead atoms. The van der Waals surface area contributed by atoms with E-state index in [1.54, 1.807) is 0 Å². The molecule has 8 nitrogen and oxygen atoms in total. The Hall–Kier alpha value is -0.870. The summed E-state index contributed by atoms with van der Waals surface area (Å²) in [6.07, 6.45) is 17.9. The van der Waals surface area contributed by atoms with Crippen LogP contribution in [0.25, 0.3) is 0 Å². The van der Waals surface area contributed by atoms with Crippen LogP contribution in [0.3, 0.4) is 0 Å². The highest BCUT2D eigenvalue weighted by molar-refractivity contribution is 7.99. The van der Waals surface area contributed by atoms with Gasteiger partial charge in [-0.15, -0.1) is 11.8 Å². The average molecular weight is 643 g/mol. The van der Waals surface area contributed by atoms with E-state index in [-0.39, 0.29) is 23.8 Å². The number of rotatable bonds is 22. The van der Waals surface area contributed by atoms with Crippen molar-refractivity contribution in [1.29, 1.82) is 0 Å². The Balaban J connectivity index is 1.76. The Morgan fingerprint density at radius 2 is 1.50 bits per heavy atom. The number of aliphatic hydroxyl groups is 2. The zero-order valence-corrected chi connectivity index (χ0v) is 29.4. The maximum atomic E-state index is 13.3. The number of nitrogens with one attached hydrogen (secondary N) is 2. The van der Waals surface area contributed by atoms with E-state index in [9.17, 15) is 19.8 Å². The lowest BCUT2D eigenvalue weighted by Crippen LogP contribution is -2.65. The molecule has 2 fully saturated rings. The molecule has 258 valence electrons. The minimum atomic E-state index is -1.30. The lowest BCUT2D eigenvalue weighted by molar-refractivity contribution is -0.221. The van der Waals surface area contributed by atoms with E-state index in [0.717, 1.165) is 51.5 Å². The molecule has 44 heavy (non-hydrogen) atoms. The lowest BCUT2D eigenvalue weighted by atomic mass is 9.86. The van der Waals surface area contributed by atoms with Crippen LogP contribution < -0.4 is 10.6 Å². The summed E-state index contributed by atoms with van der Waals surface area (Å²) in [5.41, 5.74) is -0.645. The van der Waals surface area contributed by atoms with Gasteiger partial charge in [-0.25, -0.2) is 0 Å². The first-order valence-electron chi connectivity index (χ1n) is 18.0. The molecular formula is C35H66N2O6S. The summed E-state index contributed by atoms with van der Waals surface area (Å²) in [6, 6.07) is -0.778. The van der Waals surface area contributed by atoms with Crippen molar-refractivity contribution < 1.29 is 29.3 Å². The second kappa shape index (κ2) is 22.6. The minimum absolute atomic E-state index is 0.0435. The molecule has 0 saturated carbocycles. The van der Waals surface area contributed by atoms with E-state index < -0.39 is 35.9 Å². The van der Waals surface area contributed by atoms with Crippen LogP contribution >= 0.6 is 11.8 Å². The molecule has 2 rings (SSSR count). The van der Waals surface area contributed by atoms with Crippen molar-refractivity contribution in [3.8, 4) is 0 Å². The third kappa shape index (κ3) is 13.9. The van der Waals surface area contributed by atoms with Crippen molar-refractivity contribution in [2.45, 2.75) is 185 Å². The summed E-state index contributed by atoms with van der Waals surface area (Å²) in [4.78, 5) is 26.0. The molecule has 0 aliphatic carbocycles. The number of carbonyl (C=O) groups excluding carboxylic acids is 2. The average Bonchev–Trinajstić information content (AvgIpc) is 3.01. The highest BCUT2D eigenvalue weighted by Gasteiger charge is 2.50. The molecule has 2 saturated heterocycles. The zero-order valence-electron chi connectivity index (χ0n) is 28.6. The van der Waals surface area contributed by atoms with E-state index >= 15 is 0 Å². The number of aliphatic hydroxyl groups excluding tert-OH is 2. The van der Waals surface area contributed by atoms with Crippen LogP contribution in [-0.4, -0.2) is 76.8 Å². The number of ether oxygens (including phenoxy) is 2.